The number of aliphatic hydroxyl groups is 1. The van der Waals surface area contributed by atoms with Crippen molar-refractivity contribution in [1.82, 2.24) is 0 Å². The SMILES string of the molecule is CC1(C(O)c2ccoc2)CCCO1. The molecule has 0 saturated carbocycles. The molecule has 13 heavy (non-hydrogen) atoms. The first-order chi connectivity index (χ1) is 6.22. The maximum atomic E-state index is 9.98. The van der Waals surface area contributed by atoms with Gasteiger partial charge in [-0.2, -0.15) is 0 Å². The van der Waals surface area contributed by atoms with Crippen molar-refractivity contribution in [1.29, 1.82) is 0 Å². The molecule has 1 fully saturated rings. The van der Waals surface area contributed by atoms with Crippen LogP contribution in [-0.2, 0) is 4.74 Å². The summed E-state index contributed by atoms with van der Waals surface area (Å²) in [4.78, 5) is 0. The molecule has 1 aromatic heterocycles. The normalized spacial score (nSPS) is 30.6. The molecule has 1 N–H and O–H groups in total. The Bertz CT molecular complexity index is 260. The highest BCUT2D eigenvalue weighted by molar-refractivity contribution is 5.14. The van der Waals surface area contributed by atoms with Gasteiger partial charge in [0.15, 0.2) is 0 Å². The predicted molar refractivity (Wildman–Crippen MR) is 47.3 cm³/mol. The summed E-state index contributed by atoms with van der Waals surface area (Å²) in [5, 5.41) is 9.98. The zero-order valence-corrected chi connectivity index (χ0v) is 7.69. The first kappa shape index (κ1) is 8.78. The van der Waals surface area contributed by atoms with Crippen molar-refractivity contribution in [3.05, 3.63) is 24.2 Å². The Balaban J connectivity index is 2.16. The number of ether oxygens (including phenoxy) is 1. The second-order valence-electron chi connectivity index (χ2n) is 3.72. The van der Waals surface area contributed by atoms with Crippen LogP contribution in [0.3, 0.4) is 0 Å². The molecule has 0 spiro atoms. The Labute approximate surface area is 77.3 Å². The number of hydrogen-bond donors (Lipinski definition) is 1. The molecule has 1 aromatic rings. The molecule has 2 rings (SSSR count). The molecular weight excluding hydrogens is 168 g/mol. The van der Waals surface area contributed by atoms with Gasteiger partial charge in [0.1, 0.15) is 6.10 Å². The van der Waals surface area contributed by atoms with E-state index in [1.807, 2.05) is 6.92 Å². The quantitative estimate of drug-likeness (QED) is 0.759. The summed E-state index contributed by atoms with van der Waals surface area (Å²) in [6.07, 6.45) is 4.48. The lowest BCUT2D eigenvalue weighted by atomic mass is 9.92. The monoisotopic (exact) mass is 182 g/mol. The van der Waals surface area contributed by atoms with Gasteiger partial charge >= 0.3 is 0 Å². The minimum Gasteiger partial charge on any atom is -0.472 e. The van der Waals surface area contributed by atoms with Crippen LogP contribution in [0.2, 0.25) is 0 Å². The van der Waals surface area contributed by atoms with Crippen molar-refractivity contribution in [2.75, 3.05) is 6.61 Å². The smallest absolute Gasteiger partial charge is 0.111 e. The van der Waals surface area contributed by atoms with E-state index < -0.39 is 11.7 Å². The number of rotatable bonds is 2. The molecule has 2 heterocycles. The second kappa shape index (κ2) is 3.16. The third-order valence-electron chi connectivity index (χ3n) is 2.69. The van der Waals surface area contributed by atoms with Gasteiger partial charge in [0, 0.05) is 12.2 Å². The summed E-state index contributed by atoms with van der Waals surface area (Å²) >= 11 is 0. The third-order valence-corrected chi connectivity index (χ3v) is 2.69. The van der Waals surface area contributed by atoms with E-state index in [4.69, 9.17) is 9.15 Å². The van der Waals surface area contributed by atoms with Crippen LogP contribution in [0.15, 0.2) is 23.0 Å². The highest BCUT2D eigenvalue weighted by Gasteiger charge is 2.38. The van der Waals surface area contributed by atoms with E-state index in [1.165, 1.54) is 0 Å². The number of aliphatic hydroxyl groups excluding tert-OH is 1. The fourth-order valence-electron chi connectivity index (χ4n) is 1.80. The molecule has 0 radical (unpaired) electrons. The molecule has 2 atom stereocenters. The molecule has 0 bridgehead atoms. The lowest BCUT2D eigenvalue weighted by Crippen LogP contribution is -2.31. The second-order valence-corrected chi connectivity index (χ2v) is 3.72. The van der Waals surface area contributed by atoms with Crippen LogP contribution in [0.1, 0.15) is 31.4 Å². The van der Waals surface area contributed by atoms with E-state index in [2.05, 4.69) is 0 Å². The van der Waals surface area contributed by atoms with Gasteiger partial charge in [0.2, 0.25) is 0 Å². The van der Waals surface area contributed by atoms with Gasteiger partial charge in [-0.15, -0.1) is 0 Å². The Kier molecular flexibility index (Phi) is 2.14. The van der Waals surface area contributed by atoms with E-state index in [-0.39, 0.29) is 0 Å². The van der Waals surface area contributed by atoms with Crippen molar-refractivity contribution in [3.63, 3.8) is 0 Å². The molecule has 1 aliphatic heterocycles. The Morgan fingerprint density at radius 3 is 3.00 bits per heavy atom. The Morgan fingerprint density at radius 2 is 2.46 bits per heavy atom. The molecular formula is C10H14O3. The summed E-state index contributed by atoms with van der Waals surface area (Å²) in [6.45, 7) is 2.68. The van der Waals surface area contributed by atoms with Gasteiger partial charge in [-0.25, -0.2) is 0 Å². The summed E-state index contributed by atoms with van der Waals surface area (Å²) in [7, 11) is 0. The highest BCUT2D eigenvalue weighted by atomic mass is 16.5. The molecule has 1 aliphatic rings. The van der Waals surface area contributed by atoms with Crippen LogP contribution >= 0.6 is 0 Å². The van der Waals surface area contributed by atoms with E-state index in [1.54, 1.807) is 18.6 Å². The summed E-state index contributed by atoms with van der Waals surface area (Å²) in [6, 6.07) is 1.78. The molecule has 0 aromatic carbocycles. The van der Waals surface area contributed by atoms with Gasteiger partial charge in [0.25, 0.3) is 0 Å². The van der Waals surface area contributed by atoms with Crippen molar-refractivity contribution in [2.24, 2.45) is 0 Å². The average molecular weight is 182 g/mol. The molecule has 0 aliphatic carbocycles. The fraction of sp³-hybridized carbons (Fsp3) is 0.600. The van der Waals surface area contributed by atoms with Gasteiger partial charge in [-0.1, -0.05) is 0 Å². The van der Waals surface area contributed by atoms with Gasteiger partial charge in [-0.05, 0) is 25.8 Å². The van der Waals surface area contributed by atoms with E-state index >= 15 is 0 Å². The molecule has 3 heteroatoms. The highest BCUT2D eigenvalue weighted by Crippen LogP contribution is 2.37. The van der Waals surface area contributed by atoms with Crippen LogP contribution in [0.25, 0.3) is 0 Å². The van der Waals surface area contributed by atoms with E-state index in [9.17, 15) is 5.11 Å². The predicted octanol–water partition coefficient (Wildman–Crippen LogP) is 1.88. The molecule has 1 saturated heterocycles. The standard InChI is InChI=1S/C10H14O3/c1-10(4-2-5-13-10)9(11)8-3-6-12-7-8/h3,6-7,9,11H,2,4-5H2,1H3. The zero-order valence-electron chi connectivity index (χ0n) is 7.69. The van der Waals surface area contributed by atoms with Crippen LogP contribution in [0.4, 0.5) is 0 Å². The summed E-state index contributed by atoms with van der Waals surface area (Å²) in [5.41, 5.74) is 0.369. The minimum absolute atomic E-state index is 0.427. The van der Waals surface area contributed by atoms with Gasteiger partial charge in [0.05, 0.1) is 18.1 Å². The Hall–Kier alpha value is -0.800. The summed E-state index contributed by atoms with van der Waals surface area (Å²) in [5.74, 6) is 0. The minimum atomic E-state index is -0.575. The Morgan fingerprint density at radius 1 is 1.62 bits per heavy atom. The fourth-order valence-corrected chi connectivity index (χ4v) is 1.80. The molecule has 3 nitrogen and oxygen atoms in total. The average Bonchev–Trinajstić information content (AvgIpc) is 2.73. The molecule has 0 amide bonds. The van der Waals surface area contributed by atoms with Crippen molar-refractivity contribution >= 4 is 0 Å². The lowest BCUT2D eigenvalue weighted by molar-refractivity contribution is -0.0798. The van der Waals surface area contributed by atoms with Crippen LogP contribution in [0, 0.1) is 0 Å². The lowest BCUT2D eigenvalue weighted by Gasteiger charge is -2.28. The summed E-state index contributed by atoms with van der Waals surface area (Å²) < 4.78 is 10.5. The van der Waals surface area contributed by atoms with E-state index in [0.717, 1.165) is 25.0 Å². The first-order valence-corrected chi connectivity index (χ1v) is 4.56. The van der Waals surface area contributed by atoms with Crippen molar-refractivity contribution in [2.45, 2.75) is 31.5 Å². The third kappa shape index (κ3) is 1.49. The van der Waals surface area contributed by atoms with Crippen LogP contribution in [0.5, 0.6) is 0 Å². The maximum Gasteiger partial charge on any atom is 0.111 e. The molecule has 72 valence electrons. The largest absolute Gasteiger partial charge is 0.472 e. The van der Waals surface area contributed by atoms with E-state index in [0.29, 0.717) is 0 Å². The number of hydrogen-bond acceptors (Lipinski definition) is 3. The van der Waals surface area contributed by atoms with Crippen LogP contribution < -0.4 is 0 Å². The molecule has 2 unspecified atom stereocenters. The first-order valence-electron chi connectivity index (χ1n) is 4.56. The van der Waals surface area contributed by atoms with Crippen molar-refractivity contribution in [3.8, 4) is 0 Å². The number of furan rings is 1. The van der Waals surface area contributed by atoms with Gasteiger partial charge in [-0.3, -0.25) is 0 Å². The van der Waals surface area contributed by atoms with Crippen LogP contribution in [-0.4, -0.2) is 17.3 Å². The zero-order chi connectivity index (χ0) is 9.31. The van der Waals surface area contributed by atoms with Crippen molar-refractivity contribution < 1.29 is 14.3 Å². The maximum absolute atomic E-state index is 9.98. The van der Waals surface area contributed by atoms with Gasteiger partial charge < -0.3 is 14.3 Å². The topological polar surface area (TPSA) is 42.6 Å².